The summed E-state index contributed by atoms with van der Waals surface area (Å²) in [6.45, 7) is -0.0951. The number of para-hydroxylation sites is 1. The van der Waals surface area contributed by atoms with Crippen LogP contribution in [0.15, 0.2) is 36.4 Å². The molecule has 0 bridgehead atoms. The molecule has 2 aromatic carbocycles. The fourth-order valence-electron chi connectivity index (χ4n) is 2.05. The van der Waals surface area contributed by atoms with E-state index >= 15 is 0 Å². The lowest BCUT2D eigenvalue weighted by atomic mass is 10.2. The molecule has 2 aromatic rings. The van der Waals surface area contributed by atoms with Crippen LogP contribution in [0.2, 0.25) is 0 Å². The number of hydrogen-bond acceptors (Lipinski definition) is 3. The summed E-state index contributed by atoms with van der Waals surface area (Å²) in [4.78, 5) is 11.8. The normalized spacial score (nSPS) is 11.1. The smallest absolute Gasteiger partial charge is 0.419 e. The molecule has 0 aliphatic carbocycles. The van der Waals surface area contributed by atoms with E-state index in [-0.39, 0.29) is 23.7 Å². The van der Waals surface area contributed by atoms with Gasteiger partial charge in [-0.2, -0.15) is 13.2 Å². The maximum atomic E-state index is 13.2. The molecule has 0 heterocycles. The summed E-state index contributed by atoms with van der Waals surface area (Å²) in [5, 5.41) is 14.4. The SMILES string of the molecule is COc1cccc(CNC(=O)Nc2ccc(F)c(C(F)(F)F)c2)c1O. The number of urea groups is 1. The molecular weight excluding hydrogens is 344 g/mol. The van der Waals surface area contributed by atoms with Gasteiger partial charge in [0, 0.05) is 17.8 Å². The third kappa shape index (κ3) is 4.52. The maximum absolute atomic E-state index is 13.2. The molecule has 0 aromatic heterocycles. The van der Waals surface area contributed by atoms with Crippen LogP contribution < -0.4 is 15.4 Å². The van der Waals surface area contributed by atoms with Gasteiger partial charge in [0.05, 0.1) is 12.7 Å². The van der Waals surface area contributed by atoms with Crippen LogP contribution in [0.4, 0.5) is 28.0 Å². The number of methoxy groups -OCH3 is 1. The molecule has 3 N–H and O–H groups in total. The topological polar surface area (TPSA) is 70.6 Å². The van der Waals surface area contributed by atoms with E-state index in [1.54, 1.807) is 6.07 Å². The van der Waals surface area contributed by atoms with Gasteiger partial charge in [-0.15, -0.1) is 0 Å². The van der Waals surface area contributed by atoms with E-state index < -0.39 is 23.6 Å². The Morgan fingerprint density at radius 2 is 1.96 bits per heavy atom. The van der Waals surface area contributed by atoms with Crippen LogP contribution in [0.3, 0.4) is 0 Å². The lowest BCUT2D eigenvalue weighted by Gasteiger charge is -2.12. The van der Waals surface area contributed by atoms with E-state index in [9.17, 15) is 27.5 Å². The Balaban J connectivity index is 2.04. The minimum Gasteiger partial charge on any atom is -0.504 e. The second-order valence-electron chi connectivity index (χ2n) is 4.97. The molecule has 0 fully saturated rings. The molecule has 5 nitrogen and oxygen atoms in total. The zero-order valence-electron chi connectivity index (χ0n) is 12.9. The number of anilines is 1. The molecule has 134 valence electrons. The van der Waals surface area contributed by atoms with Crippen molar-refractivity contribution < 1.29 is 32.2 Å². The van der Waals surface area contributed by atoms with E-state index in [2.05, 4.69) is 10.6 Å². The van der Waals surface area contributed by atoms with Gasteiger partial charge >= 0.3 is 12.2 Å². The van der Waals surface area contributed by atoms with E-state index in [0.29, 0.717) is 17.7 Å². The minimum absolute atomic E-state index is 0.0951. The summed E-state index contributed by atoms with van der Waals surface area (Å²) in [5.74, 6) is -1.38. The number of amides is 2. The maximum Gasteiger partial charge on any atom is 0.419 e. The van der Waals surface area contributed by atoms with Gasteiger partial charge in [-0.3, -0.25) is 0 Å². The number of alkyl halides is 3. The first-order valence-corrected chi connectivity index (χ1v) is 6.99. The van der Waals surface area contributed by atoms with Crippen molar-refractivity contribution in [1.29, 1.82) is 0 Å². The molecule has 2 rings (SSSR count). The summed E-state index contributed by atoms with van der Waals surface area (Å²) in [5.41, 5.74) is -1.35. The highest BCUT2D eigenvalue weighted by Gasteiger charge is 2.34. The van der Waals surface area contributed by atoms with Crippen molar-refractivity contribution in [1.82, 2.24) is 5.32 Å². The van der Waals surface area contributed by atoms with Gasteiger partial charge in [0.1, 0.15) is 5.82 Å². The van der Waals surface area contributed by atoms with Gasteiger partial charge < -0.3 is 20.5 Å². The van der Waals surface area contributed by atoms with Crippen molar-refractivity contribution in [3.05, 3.63) is 53.3 Å². The quantitative estimate of drug-likeness (QED) is 0.727. The number of halogens is 4. The zero-order chi connectivity index (χ0) is 18.6. The Kier molecular flexibility index (Phi) is 5.35. The van der Waals surface area contributed by atoms with Gasteiger partial charge in [0.25, 0.3) is 0 Å². The number of carbonyl (C=O) groups excluding carboxylic acids is 1. The lowest BCUT2D eigenvalue weighted by molar-refractivity contribution is -0.139. The molecular formula is C16H14F4N2O3. The van der Waals surface area contributed by atoms with Crippen LogP contribution in [-0.2, 0) is 12.7 Å². The number of phenols is 1. The first-order valence-electron chi connectivity index (χ1n) is 6.99. The number of ether oxygens (including phenoxy) is 1. The molecule has 0 saturated heterocycles. The molecule has 0 radical (unpaired) electrons. The molecule has 25 heavy (non-hydrogen) atoms. The van der Waals surface area contributed by atoms with E-state index in [1.807, 2.05) is 0 Å². The molecule has 9 heteroatoms. The monoisotopic (exact) mass is 358 g/mol. The number of nitrogens with one attached hydrogen (secondary N) is 2. The number of carbonyl (C=O) groups is 1. The van der Waals surface area contributed by atoms with Gasteiger partial charge in [0.2, 0.25) is 0 Å². The molecule has 0 atom stereocenters. The van der Waals surface area contributed by atoms with Crippen LogP contribution >= 0.6 is 0 Å². The highest BCUT2D eigenvalue weighted by atomic mass is 19.4. The van der Waals surface area contributed by atoms with Crippen molar-refractivity contribution in [2.45, 2.75) is 12.7 Å². The van der Waals surface area contributed by atoms with Crippen molar-refractivity contribution in [2.75, 3.05) is 12.4 Å². The number of aromatic hydroxyl groups is 1. The van der Waals surface area contributed by atoms with E-state index in [0.717, 1.165) is 6.07 Å². The van der Waals surface area contributed by atoms with Crippen LogP contribution in [0.5, 0.6) is 11.5 Å². The lowest BCUT2D eigenvalue weighted by Crippen LogP contribution is -2.28. The average Bonchev–Trinajstić information content (AvgIpc) is 2.54. The Bertz CT molecular complexity index is 778. The van der Waals surface area contributed by atoms with Crippen molar-refractivity contribution in [3.63, 3.8) is 0 Å². The van der Waals surface area contributed by atoms with Crippen LogP contribution in [-0.4, -0.2) is 18.2 Å². The minimum atomic E-state index is -4.87. The molecule has 2 amide bonds. The Morgan fingerprint density at radius 1 is 1.24 bits per heavy atom. The zero-order valence-corrected chi connectivity index (χ0v) is 12.9. The third-order valence-electron chi connectivity index (χ3n) is 3.27. The summed E-state index contributed by atoms with van der Waals surface area (Å²) < 4.78 is 56.1. The molecule has 0 aliphatic rings. The van der Waals surface area contributed by atoms with Gasteiger partial charge in [-0.1, -0.05) is 12.1 Å². The predicted molar refractivity (Wildman–Crippen MR) is 81.9 cm³/mol. The first-order chi connectivity index (χ1) is 11.7. The molecule has 0 saturated carbocycles. The van der Waals surface area contributed by atoms with Gasteiger partial charge in [-0.05, 0) is 24.3 Å². The van der Waals surface area contributed by atoms with E-state index in [4.69, 9.17) is 4.74 Å². The fraction of sp³-hybridized carbons (Fsp3) is 0.188. The van der Waals surface area contributed by atoms with Crippen molar-refractivity contribution >= 4 is 11.7 Å². The second kappa shape index (κ2) is 7.29. The predicted octanol–water partition coefficient (Wildman–Crippen LogP) is 3.88. The molecule has 0 spiro atoms. The number of hydrogen-bond donors (Lipinski definition) is 3. The standard InChI is InChI=1S/C16H14F4N2O3/c1-25-13-4-2-3-9(14(13)23)8-21-15(24)22-10-5-6-12(17)11(7-10)16(18,19)20/h2-7,23H,8H2,1H3,(H2,21,22,24). The van der Waals surface area contributed by atoms with Crippen LogP contribution in [0, 0.1) is 5.82 Å². The molecule has 0 aliphatic heterocycles. The molecule has 0 unspecified atom stereocenters. The third-order valence-corrected chi connectivity index (χ3v) is 3.27. The highest BCUT2D eigenvalue weighted by molar-refractivity contribution is 5.89. The Labute approximate surface area is 140 Å². The Morgan fingerprint density at radius 3 is 2.60 bits per heavy atom. The van der Waals surface area contributed by atoms with Gasteiger partial charge in [-0.25, -0.2) is 9.18 Å². The fourth-order valence-corrected chi connectivity index (χ4v) is 2.05. The van der Waals surface area contributed by atoms with Crippen LogP contribution in [0.1, 0.15) is 11.1 Å². The summed E-state index contributed by atoms with van der Waals surface area (Å²) in [7, 11) is 1.37. The van der Waals surface area contributed by atoms with Crippen molar-refractivity contribution in [2.24, 2.45) is 0 Å². The number of benzene rings is 2. The van der Waals surface area contributed by atoms with Crippen molar-refractivity contribution in [3.8, 4) is 11.5 Å². The number of phenolic OH excluding ortho intramolecular Hbond substituents is 1. The summed E-state index contributed by atoms with van der Waals surface area (Å²) >= 11 is 0. The Hall–Kier alpha value is -2.97. The second-order valence-corrected chi connectivity index (χ2v) is 4.97. The summed E-state index contributed by atoms with van der Waals surface area (Å²) in [6, 6.07) is 5.97. The summed E-state index contributed by atoms with van der Waals surface area (Å²) in [6.07, 6.45) is -4.87. The van der Waals surface area contributed by atoms with Crippen LogP contribution in [0.25, 0.3) is 0 Å². The van der Waals surface area contributed by atoms with Gasteiger partial charge in [0.15, 0.2) is 11.5 Å². The van der Waals surface area contributed by atoms with E-state index in [1.165, 1.54) is 19.2 Å². The first kappa shape index (κ1) is 18.4. The largest absolute Gasteiger partial charge is 0.504 e. The number of rotatable bonds is 4. The average molecular weight is 358 g/mol. The highest BCUT2D eigenvalue weighted by Crippen LogP contribution is 2.33.